The minimum atomic E-state index is -3.90. The van der Waals surface area contributed by atoms with E-state index in [1.807, 2.05) is 51.1 Å². The molecule has 0 saturated heterocycles. The Hall–Kier alpha value is -3.27. The zero-order chi connectivity index (χ0) is 26.9. The van der Waals surface area contributed by atoms with Crippen LogP contribution in [0, 0.1) is 0 Å². The highest BCUT2D eigenvalue weighted by Crippen LogP contribution is 2.34. The molecule has 0 aromatic heterocycles. The van der Waals surface area contributed by atoms with Gasteiger partial charge in [-0.3, -0.25) is 13.9 Å². The lowest BCUT2D eigenvalue weighted by Gasteiger charge is -2.33. The zero-order valence-electron chi connectivity index (χ0n) is 21.9. The van der Waals surface area contributed by atoms with Gasteiger partial charge in [-0.05, 0) is 37.5 Å². The van der Waals surface area contributed by atoms with E-state index < -0.39 is 28.5 Å². The van der Waals surface area contributed by atoms with Crippen molar-refractivity contribution >= 4 is 27.5 Å². The summed E-state index contributed by atoms with van der Waals surface area (Å²) in [5, 5.41) is 2.95. The molecule has 0 aliphatic heterocycles. The van der Waals surface area contributed by atoms with E-state index in [9.17, 15) is 18.0 Å². The summed E-state index contributed by atoms with van der Waals surface area (Å²) in [5.74, 6) is -0.112. The van der Waals surface area contributed by atoms with Crippen LogP contribution < -0.4 is 19.1 Å². The van der Waals surface area contributed by atoms with Gasteiger partial charge in [0.25, 0.3) is 0 Å². The molecule has 0 radical (unpaired) electrons. The number of methoxy groups -OCH3 is 2. The number of hydrogen-bond acceptors (Lipinski definition) is 6. The van der Waals surface area contributed by atoms with Gasteiger partial charge in [-0.25, -0.2) is 8.42 Å². The number of ether oxygens (including phenoxy) is 2. The smallest absolute Gasteiger partial charge is 0.244 e. The van der Waals surface area contributed by atoms with Gasteiger partial charge in [-0.15, -0.1) is 0 Å². The summed E-state index contributed by atoms with van der Waals surface area (Å²) in [4.78, 5) is 28.3. The number of carbonyl (C=O) groups excluding carboxylic acids is 2. The highest BCUT2D eigenvalue weighted by atomic mass is 32.2. The molecule has 2 aromatic rings. The second-order valence-electron chi connectivity index (χ2n) is 8.56. The van der Waals surface area contributed by atoms with Crippen molar-refractivity contribution in [1.82, 2.24) is 10.2 Å². The van der Waals surface area contributed by atoms with Gasteiger partial charge in [0.15, 0.2) is 0 Å². The zero-order valence-corrected chi connectivity index (χ0v) is 22.7. The molecular formula is C26H37N3O6S. The molecule has 2 atom stereocenters. The molecule has 10 heteroatoms. The van der Waals surface area contributed by atoms with Gasteiger partial charge in [-0.1, -0.05) is 44.2 Å². The highest BCUT2D eigenvalue weighted by molar-refractivity contribution is 7.92. The number of benzene rings is 2. The lowest BCUT2D eigenvalue weighted by molar-refractivity contribution is -0.140. The maximum Gasteiger partial charge on any atom is 0.244 e. The molecule has 0 spiro atoms. The summed E-state index contributed by atoms with van der Waals surface area (Å²) >= 11 is 0. The van der Waals surface area contributed by atoms with E-state index in [4.69, 9.17) is 9.47 Å². The van der Waals surface area contributed by atoms with Crippen LogP contribution in [0.5, 0.6) is 11.5 Å². The van der Waals surface area contributed by atoms with Crippen molar-refractivity contribution in [3.8, 4) is 11.5 Å². The summed E-state index contributed by atoms with van der Waals surface area (Å²) < 4.78 is 37.3. The lowest BCUT2D eigenvalue weighted by atomic mass is 10.1. The molecule has 0 fully saturated rings. The van der Waals surface area contributed by atoms with Crippen molar-refractivity contribution in [1.29, 1.82) is 0 Å². The Kier molecular flexibility index (Phi) is 10.6. The molecule has 2 amide bonds. The van der Waals surface area contributed by atoms with Crippen LogP contribution in [-0.4, -0.2) is 64.2 Å². The molecule has 0 aliphatic carbocycles. The van der Waals surface area contributed by atoms with Crippen LogP contribution in [0.15, 0.2) is 48.5 Å². The van der Waals surface area contributed by atoms with Crippen LogP contribution in [0.2, 0.25) is 0 Å². The number of hydrogen-bond donors (Lipinski definition) is 1. The first-order valence-corrected chi connectivity index (χ1v) is 13.7. The molecule has 0 heterocycles. The molecule has 9 nitrogen and oxygen atoms in total. The summed E-state index contributed by atoms with van der Waals surface area (Å²) in [6.07, 6.45) is 2.13. The minimum absolute atomic E-state index is 0.0613. The molecule has 2 unspecified atom stereocenters. The molecular weight excluding hydrogens is 482 g/mol. The summed E-state index contributed by atoms with van der Waals surface area (Å²) in [7, 11) is -1.02. The van der Waals surface area contributed by atoms with Crippen LogP contribution in [0.3, 0.4) is 0 Å². The highest BCUT2D eigenvalue weighted by Gasteiger charge is 2.33. The van der Waals surface area contributed by atoms with Crippen molar-refractivity contribution in [3.05, 3.63) is 54.1 Å². The fraction of sp³-hybridized carbons (Fsp3) is 0.462. The number of carbonyl (C=O) groups is 2. The predicted molar refractivity (Wildman–Crippen MR) is 141 cm³/mol. The molecule has 0 bridgehead atoms. The van der Waals surface area contributed by atoms with E-state index in [2.05, 4.69) is 5.32 Å². The van der Waals surface area contributed by atoms with Crippen LogP contribution in [-0.2, 0) is 26.2 Å². The van der Waals surface area contributed by atoms with Crippen molar-refractivity contribution < 1.29 is 27.5 Å². The summed E-state index contributed by atoms with van der Waals surface area (Å²) in [6, 6.07) is 13.2. The van der Waals surface area contributed by atoms with Gasteiger partial charge < -0.3 is 19.7 Å². The molecule has 0 saturated carbocycles. The van der Waals surface area contributed by atoms with Gasteiger partial charge >= 0.3 is 0 Å². The van der Waals surface area contributed by atoms with Crippen LogP contribution in [0.4, 0.5) is 5.69 Å². The third kappa shape index (κ3) is 7.61. The molecule has 36 heavy (non-hydrogen) atoms. The maximum atomic E-state index is 13.8. The lowest BCUT2D eigenvalue weighted by Crippen LogP contribution is -2.53. The fourth-order valence-electron chi connectivity index (χ4n) is 3.73. The number of nitrogens with zero attached hydrogens (tertiary/aromatic N) is 2. The molecule has 0 aliphatic rings. The first-order chi connectivity index (χ1) is 17.0. The van der Waals surface area contributed by atoms with Crippen molar-refractivity contribution in [2.75, 3.05) is 31.3 Å². The third-order valence-corrected chi connectivity index (χ3v) is 7.04. The average Bonchev–Trinajstić information content (AvgIpc) is 2.86. The van der Waals surface area contributed by atoms with E-state index in [0.29, 0.717) is 12.2 Å². The van der Waals surface area contributed by atoms with Crippen molar-refractivity contribution in [3.63, 3.8) is 0 Å². The second kappa shape index (κ2) is 13.2. The van der Waals surface area contributed by atoms with Crippen LogP contribution in [0.25, 0.3) is 0 Å². The van der Waals surface area contributed by atoms with Gasteiger partial charge in [0.1, 0.15) is 24.1 Å². The largest absolute Gasteiger partial charge is 0.497 e. The Morgan fingerprint density at radius 3 is 2.19 bits per heavy atom. The molecule has 2 aromatic carbocycles. The van der Waals surface area contributed by atoms with Crippen LogP contribution in [0.1, 0.15) is 39.2 Å². The summed E-state index contributed by atoms with van der Waals surface area (Å²) in [5.41, 5.74) is 0.995. The maximum absolute atomic E-state index is 13.8. The third-order valence-electron chi connectivity index (χ3n) is 5.92. The Bertz CT molecular complexity index is 1120. The molecule has 2 rings (SSSR count). The normalized spacial score (nSPS) is 12.8. The fourth-order valence-corrected chi connectivity index (χ4v) is 4.57. The number of rotatable bonds is 13. The Balaban J connectivity index is 2.50. The first-order valence-electron chi connectivity index (χ1n) is 11.9. The average molecular weight is 520 g/mol. The Morgan fingerprint density at radius 2 is 1.67 bits per heavy atom. The van der Waals surface area contributed by atoms with E-state index in [1.54, 1.807) is 12.1 Å². The second-order valence-corrected chi connectivity index (χ2v) is 10.5. The van der Waals surface area contributed by atoms with E-state index >= 15 is 0 Å². The number of sulfonamides is 1. The van der Waals surface area contributed by atoms with Crippen LogP contribution >= 0.6 is 0 Å². The van der Waals surface area contributed by atoms with Gasteiger partial charge in [0.05, 0.1) is 26.2 Å². The predicted octanol–water partition coefficient (Wildman–Crippen LogP) is 3.19. The topological polar surface area (TPSA) is 105 Å². The standard InChI is InChI=1S/C26H37N3O6S/c1-7-19(3)27-26(31)22(8-2)28(17-20-12-10-9-11-13-20)25(30)18-29(36(6,32)33)23-16-21(34-4)14-15-24(23)35-5/h9-16,19,22H,7-8,17-18H2,1-6H3,(H,27,31). The number of nitrogens with one attached hydrogen (secondary N) is 1. The minimum Gasteiger partial charge on any atom is -0.497 e. The monoisotopic (exact) mass is 519 g/mol. The van der Waals surface area contributed by atoms with Gasteiger partial charge in [0, 0.05) is 18.7 Å². The van der Waals surface area contributed by atoms with E-state index in [0.717, 1.165) is 22.5 Å². The van der Waals surface area contributed by atoms with E-state index in [1.165, 1.54) is 25.2 Å². The molecule has 198 valence electrons. The number of anilines is 1. The van der Waals surface area contributed by atoms with Crippen molar-refractivity contribution in [2.24, 2.45) is 0 Å². The summed E-state index contributed by atoms with van der Waals surface area (Å²) in [6.45, 7) is 5.32. The number of amides is 2. The van der Waals surface area contributed by atoms with Gasteiger partial charge in [-0.2, -0.15) is 0 Å². The quantitative estimate of drug-likeness (QED) is 0.436. The van der Waals surface area contributed by atoms with Crippen molar-refractivity contribution in [2.45, 2.75) is 52.2 Å². The first kappa shape index (κ1) is 29.0. The Morgan fingerprint density at radius 1 is 1.00 bits per heavy atom. The van der Waals surface area contributed by atoms with E-state index in [-0.39, 0.29) is 29.9 Å². The van der Waals surface area contributed by atoms with Gasteiger partial charge in [0.2, 0.25) is 21.8 Å². The molecule has 1 N–H and O–H groups in total. The Labute approximate surface area is 214 Å². The SMILES string of the molecule is CCC(C)NC(=O)C(CC)N(Cc1ccccc1)C(=O)CN(c1cc(OC)ccc1OC)S(C)(=O)=O.